The highest BCUT2D eigenvalue weighted by Crippen LogP contribution is 2.22. The Morgan fingerprint density at radius 1 is 1.25 bits per heavy atom. The summed E-state index contributed by atoms with van der Waals surface area (Å²) in [6.07, 6.45) is 7.20. The maximum Gasteiger partial charge on any atom is 0.0702 e. The normalized spacial score (nSPS) is 28.7. The second-order valence-corrected chi connectivity index (χ2v) is 5.27. The molecule has 2 aliphatic heterocycles. The molecule has 16 heavy (non-hydrogen) atoms. The van der Waals surface area contributed by atoms with Gasteiger partial charge in [-0.15, -0.1) is 0 Å². The minimum Gasteiger partial charge on any atom is -0.377 e. The highest BCUT2D eigenvalue weighted by Gasteiger charge is 2.23. The lowest BCUT2D eigenvalue weighted by Crippen LogP contribution is -2.39. The Morgan fingerprint density at radius 3 is 2.69 bits per heavy atom. The minimum atomic E-state index is 0.536. The summed E-state index contributed by atoms with van der Waals surface area (Å²) in [6, 6.07) is 0. The van der Waals surface area contributed by atoms with Crippen molar-refractivity contribution in [2.75, 3.05) is 39.8 Å². The van der Waals surface area contributed by atoms with Crippen LogP contribution in [0, 0.1) is 5.92 Å². The van der Waals surface area contributed by atoms with Gasteiger partial charge in [0.15, 0.2) is 0 Å². The maximum atomic E-state index is 5.70. The van der Waals surface area contributed by atoms with Crippen LogP contribution in [0.1, 0.15) is 32.1 Å². The van der Waals surface area contributed by atoms with E-state index in [1.807, 2.05) is 7.05 Å². The van der Waals surface area contributed by atoms with Gasteiger partial charge in [-0.2, -0.15) is 0 Å². The summed E-state index contributed by atoms with van der Waals surface area (Å²) in [5.74, 6) is 0.952. The summed E-state index contributed by atoms with van der Waals surface area (Å²) >= 11 is 0. The zero-order valence-electron chi connectivity index (χ0n) is 10.6. The van der Waals surface area contributed by atoms with Gasteiger partial charge in [-0.25, -0.2) is 0 Å². The fraction of sp³-hybridized carbons (Fsp3) is 1.00. The number of nitrogens with one attached hydrogen (secondary N) is 1. The third kappa shape index (κ3) is 3.72. The smallest absolute Gasteiger partial charge is 0.0702 e. The summed E-state index contributed by atoms with van der Waals surface area (Å²) in [7, 11) is 2.05. The summed E-state index contributed by atoms with van der Waals surface area (Å²) in [6.45, 7) is 5.92. The summed E-state index contributed by atoms with van der Waals surface area (Å²) < 4.78 is 5.70. The van der Waals surface area contributed by atoms with Gasteiger partial charge in [-0.1, -0.05) is 0 Å². The van der Waals surface area contributed by atoms with Crippen molar-refractivity contribution in [3.05, 3.63) is 0 Å². The Hall–Kier alpha value is -0.120. The number of likely N-dealkylation sites (tertiary alicyclic amines) is 1. The lowest BCUT2D eigenvalue weighted by atomic mass is 9.93. The van der Waals surface area contributed by atoms with E-state index >= 15 is 0 Å². The molecule has 0 radical (unpaired) electrons. The summed E-state index contributed by atoms with van der Waals surface area (Å²) in [4.78, 5) is 2.60. The first-order valence-electron chi connectivity index (χ1n) is 6.87. The molecule has 2 saturated heterocycles. The van der Waals surface area contributed by atoms with Crippen LogP contribution in [0.2, 0.25) is 0 Å². The zero-order chi connectivity index (χ0) is 11.2. The standard InChI is InChI=1S/C13H26N2O/c1-14-7-4-12-5-8-15(9-6-12)11-13-3-2-10-16-13/h12-14H,2-11H2,1H3. The lowest BCUT2D eigenvalue weighted by Gasteiger charge is -2.33. The van der Waals surface area contributed by atoms with Crippen LogP contribution in [-0.2, 0) is 4.74 Å². The molecule has 1 N–H and O–H groups in total. The van der Waals surface area contributed by atoms with Crippen LogP contribution in [0.15, 0.2) is 0 Å². The number of hydrogen-bond acceptors (Lipinski definition) is 3. The maximum absolute atomic E-state index is 5.70. The molecule has 3 nitrogen and oxygen atoms in total. The van der Waals surface area contributed by atoms with Crippen molar-refractivity contribution >= 4 is 0 Å². The van der Waals surface area contributed by atoms with E-state index in [0.717, 1.165) is 12.5 Å². The molecule has 0 saturated carbocycles. The molecule has 0 aromatic carbocycles. The molecule has 0 spiro atoms. The van der Waals surface area contributed by atoms with Crippen LogP contribution in [0.5, 0.6) is 0 Å². The molecule has 0 bridgehead atoms. The van der Waals surface area contributed by atoms with E-state index in [-0.39, 0.29) is 0 Å². The van der Waals surface area contributed by atoms with Gasteiger partial charge in [0.05, 0.1) is 6.10 Å². The van der Waals surface area contributed by atoms with E-state index < -0.39 is 0 Å². The second-order valence-electron chi connectivity index (χ2n) is 5.27. The second kappa shape index (κ2) is 6.58. The quantitative estimate of drug-likeness (QED) is 0.768. The third-order valence-electron chi connectivity index (χ3n) is 4.00. The molecular formula is C13H26N2O. The first-order valence-corrected chi connectivity index (χ1v) is 6.87. The van der Waals surface area contributed by atoms with Crippen molar-refractivity contribution < 1.29 is 4.74 Å². The number of rotatable bonds is 5. The fourth-order valence-electron chi connectivity index (χ4n) is 2.88. The molecule has 3 heteroatoms. The molecule has 2 heterocycles. The van der Waals surface area contributed by atoms with Crippen molar-refractivity contribution in [1.29, 1.82) is 0 Å². The van der Waals surface area contributed by atoms with E-state index in [9.17, 15) is 0 Å². The SMILES string of the molecule is CNCCC1CCN(CC2CCCO2)CC1. The average Bonchev–Trinajstić information content (AvgIpc) is 2.81. The Kier molecular flexibility index (Phi) is 5.07. The van der Waals surface area contributed by atoms with Gasteiger partial charge in [-0.3, -0.25) is 0 Å². The van der Waals surface area contributed by atoms with E-state index in [0.29, 0.717) is 6.10 Å². The highest BCUT2D eigenvalue weighted by molar-refractivity contribution is 4.76. The van der Waals surface area contributed by atoms with Crippen molar-refractivity contribution in [1.82, 2.24) is 10.2 Å². The molecule has 1 atom stereocenters. The molecule has 94 valence electrons. The topological polar surface area (TPSA) is 24.5 Å². The Balaban J connectivity index is 1.60. The summed E-state index contributed by atoms with van der Waals surface area (Å²) in [5.41, 5.74) is 0. The predicted octanol–water partition coefficient (Wildman–Crippen LogP) is 1.49. The van der Waals surface area contributed by atoms with Crippen LogP contribution in [0.25, 0.3) is 0 Å². The van der Waals surface area contributed by atoms with Crippen LogP contribution >= 0.6 is 0 Å². The van der Waals surface area contributed by atoms with Gasteiger partial charge in [0.2, 0.25) is 0 Å². The number of hydrogen-bond donors (Lipinski definition) is 1. The first-order chi connectivity index (χ1) is 7.88. The van der Waals surface area contributed by atoms with Gasteiger partial charge in [0.25, 0.3) is 0 Å². The Bertz CT molecular complexity index is 184. The number of nitrogens with zero attached hydrogens (tertiary/aromatic N) is 1. The average molecular weight is 226 g/mol. The highest BCUT2D eigenvalue weighted by atomic mass is 16.5. The molecule has 0 amide bonds. The zero-order valence-corrected chi connectivity index (χ0v) is 10.6. The van der Waals surface area contributed by atoms with Gasteiger partial charge in [-0.05, 0) is 64.7 Å². The largest absolute Gasteiger partial charge is 0.377 e. The van der Waals surface area contributed by atoms with Gasteiger partial charge in [0.1, 0.15) is 0 Å². The van der Waals surface area contributed by atoms with Crippen molar-refractivity contribution in [2.24, 2.45) is 5.92 Å². The van der Waals surface area contributed by atoms with Crippen LogP contribution in [0.3, 0.4) is 0 Å². The van der Waals surface area contributed by atoms with Crippen molar-refractivity contribution in [3.8, 4) is 0 Å². The Morgan fingerprint density at radius 2 is 2.06 bits per heavy atom. The third-order valence-corrected chi connectivity index (χ3v) is 4.00. The molecule has 2 aliphatic rings. The van der Waals surface area contributed by atoms with E-state index in [4.69, 9.17) is 4.74 Å². The van der Waals surface area contributed by atoms with Crippen LogP contribution < -0.4 is 5.32 Å². The van der Waals surface area contributed by atoms with Gasteiger partial charge >= 0.3 is 0 Å². The summed E-state index contributed by atoms with van der Waals surface area (Å²) in [5, 5.41) is 3.25. The molecule has 2 rings (SSSR count). The van der Waals surface area contributed by atoms with Gasteiger partial charge < -0.3 is 15.0 Å². The molecule has 1 unspecified atom stereocenters. The molecule has 0 aromatic heterocycles. The Labute approximate surface area is 99.5 Å². The monoisotopic (exact) mass is 226 g/mol. The minimum absolute atomic E-state index is 0.536. The van der Waals surface area contributed by atoms with Crippen molar-refractivity contribution in [3.63, 3.8) is 0 Å². The van der Waals surface area contributed by atoms with E-state index in [1.165, 1.54) is 58.3 Å². The number of ether oxygens (including phenoxy) is 1. The van der Waals surface area contributed by atoms with E-state index in [2.05, 4.69) is 10.2 Å². The molecule has 0 aromatic rings. The molecule has 2 fully saturated rings. The van der Waals surface area contributed by atoms with Crippen molar-refractivity contribution in [2.45, 2.75) is 38.2 Å². The lowest BCUT2D eigenvalue weighted by molar-refractivity contribution is 0.0592. The van der Waals surface area contributed by atoms with Gasteiger partial charge in [0, 0.05) is 13.2 Å². The van der Waals surface area contributed by atoms with Crippen LogP contribution in [-0.4, -0.2) is 50.8 Å². The molecule has 0 aliphatic carbocycles. The number of piperidine rings is 1. The van der Waals surface area contributed by atoms with E-state index in [1.54, 1.807) is 0 Å². The first kappa shape index (κ1) is 12.3. The fourth-order valence-corrected chi connectivity index (χ4v) is 2.88. The molecular weight excluding hydrogens is 200 g/mol. The van der Waals surface area contributed by atoms with Crippen LogP contribution in [0.4, 0.5) is 0 Å². The predicted molar refractivity (Wildman–Crippen MR) is 66.7 cm³/mol.